The topological polar surface area (TPSA) is 74.8 Å². The first-order chi connectivity index (χ1) is 9.86. The SMILES string of the molecule is CC(C)NC(=O)[C@@H](C)Sc1nc2ccc(F)cc2c(=O)[nH]1. The molecule has 0 aliphatic heterocycles. The number of hydrogen-bond donors (Lipinski definition) is 2. The molecule has 0 spiro atoms. The van der Waals surface area contributed by atoms with Crippen LogP contribution in [0.3, 0.4) is 0 Å². The molecule has 2 rings (SSSR count). The van der Waals surface area contributed by atoms with Crippen molar-refractivity contribution in [1.82, 2.24) is 15.3 Å². The van der Waals surface area contributed by atoms with Crippen molar-refractivity contribution >= 4 is 28.6 Å². The number of thioether (sulfide) groups is 1. The zero-order valence-corrected chi connectivity index (χ0v) is 12.8. The smallest absolute Gasteiger partial charge is 0.259 e. The molecule has 1 aromatic heterocycles. The van der Waals surface area contributed by atoms with Gasteiger partial charge < -0.3 is 10.3 Å². The van der Waals surface area contributed by atoms with Gasteiger partial charge in [0.05, 0.1) is 16.2 Å². The van der Waals surface area contributed by atoms with Crippen LogP contribution >= 0.6 is 11.8 Å². The summed E-state index contributed by atoms with van der Waals surface area (Å²) in [4.78, 5) is 30.6. The summed E-state index contributed by atoms with van der Waals surface area (Å²) in [5.74, 6) is -0.614. The molecule has 0 bridgehead atoms. The van der Waals surface area contributed by atoms with Crippen molar-refractivity contribution in [2.75, 3.05) is 0 Å². The van der Waals surface area contributed by atoms with E-state index in [1.807, 2.05) is 13.8 Å². The van der Waals surface area contributed by atoms with E-state index >= 15 is 0 Å². The summed E-state index contributed by atoms with van der Waals surface area (Å²) in [7, 11) is 0. The van der Waals surface area contributed by atoms with Crippen LogP contribution in [0.15, 0.2) is 28.2 Å². The maximum absolute atomic E-state index is 13.1. The predicted molar refractivity (Wildman–Crippen MR) is 80.9 cm³/mol. The fourth-order valence-corrected chi connectivity index (χ4v) is 2.58. The third-order valence-corrected chi connectivity index (χ3v) is 3.72. The lowest BCUT2D eigenvalue weighted by Crippen LogP contribution is -2.36. The van der Waals surface area contributed by atoms with Crippen LogP contribution in [0.4, 0.5) is 4.39 Å². The van der Waals surface area contributed by atoms with Gasteiger partial charge in [-0.25, -0.2) is 9.37 Å². The summed E-state index contributed by atoms with van der Waals surface area (Å²) in [6.07, 6.45) is 0. The standard InChI is InChI=1S/C14H16FN3O2S/c1-7(2)16-12(19)8(3)21-14-17-11-5-4-9(15)6-10(11)13(20)18-14/h4-8H,1-3H3,(H,16,19)(H,17,18,20)/t8-/m1/s1. The van der Waals surface area contributed by atoms with Crippen LogP contribution in [0.5, 0.6) is 0 Å². The highest BCUT2D eigenvalue weighted by molar-refractivity contribution is 8.00. The molecule has 0 saturated heterocycles. The number of aromatic amines is 1. The normalized spacial score (nSPS) is 12.6. The third-order valence-electron chi connectivity index (χ3n) is 2.73. The van der Waals surface area contributed by atoms with Gasteiger partial charge in [0.15, 0.2) is 5.16 Å². The molecule has 1 amide bonds. The summed E-state index contributed by atoms with van der Waals surface area (Å²) < 4.78 is 13.1. The molecular weight excluding hydrogens is 293 g/mol. The highest BCUT2D eigenvalue weighted by atomic mass is 32.2. The maximum Gasteiger partial charge on any atom is 0.259 e. The zero-order valence-electron chi connectivity index (χ0n) is 11.9. The van der Waals surface area contributed by atoms with Crippen LogP contribution in [-0.2, 0) is 4.79 Å². The molecule has 5 nitrogen and oxygen atoms in total. The third kappa shape index (κ3) is 3.81. The van der Waals surface area contributed by atoms with E-state index in [2.05, 4.69) is 15.3 Å². The van der Waals surface area contributed by atoms with E-state index in [0.29, 0.717) is 10.7 Å². The van der Waals surface area contributed by atoms with Crippen LogP contribution in [0.2, 0.25) is 0 Å². The first-order valence-corrected chi connectivity index (χ1v) is 7.41. The van der Waals surface area contributed by atoms with Gasteiger partial charge in [-0.05, 0) is 39.0 Å². The highest BCUT2D eigenvalue weighted by Crippen LogP contribution is 2.20. The van der Waals surface area contributed by atoms with E-state index in [9.17, 15) is 14.0 Å². The Bertz CT molecular complexity index is 730. The number of rotatable bonds is 4. The van der Waals surface area contributed by atoms with Crippen molar-refractivity contribution < 1.29 is 9.18 Å². The number of hydrogen-bond acceptors (Lipinski definition) is 4. The molecule has 21 heavy (non-hydrogen) atoms. The summed E-state index contributed by atoms with van der Waals surface area (Å²) in [6, 6.07) is 3.89. The Morgan fingerprint density at radius 2 is 2.10 bits per heavy atom. The van der Waals surface area contributed by atoms with Crippen LogP contribution in [0, 0.1) is 5.82 Å². The summed E-state index contributed by atoms with van der Waals surface area (Å²) in [6.45, 7) is 5.48. The Balaban J connectivity index is 2.25. The minimum Gasteiger partial charge on any atom is -0.353 e. The number of amides is 1. The average molecular weight is 309 g/mol. The molecule has 0 aliphatic carbocycles. The van der Waals surface area contributed by atoms with E-state index in [1.165, 1.54) is 12.1 Å². The van der Waals surface area contributed by atoms with Gasteiger partial charge in [-0.15, -0.1) is 0 Å². The second kappa shape index (κ2) is 6.26. The Morgan fingerprint density at radius 1 is 1.38 bits per heavy atom. The first-order valence-electron chi connectivity index (χ1n) is 6.53. The van der Waals surface area contributed by atoms with Crippen molar-refractivity contribution in [1.29, 1.82) is 0 Å². The number of halogens is 1. The second-order valence-corrected chi connectivity index (χ2v) is 6.29. The molecule has 2 aromatic rings. The van der Waals surface area contributed by atoms with Gasteiger partial charge in [-0.3, -0.25) is 9.59 Å². The maximum atomic E-state index is 13.1. The minimum absolute atomic E-state index is 0.0483. The predicted octanol–water partition coefficient (Wildman–Crippen LogP) is 2.07. The molecule has 112 valence electrons. The van der Waals surface area contributed by atoms with Crippen LogP contribution in [-0.4, -0.2) is 27.2 Å². The quantitative estimate of drug-likeness (QED) is 0.670. The lowest BCUT2D eigenvalue weighted by molar-refractivity contribution is -0.120. The lowest BCUT2D eigenvalue weighted by atomic mass is 10.2. The largest absolute Gasteiger partial charge is 0.353 e. The van der Waals surface area contributed by atoms with Crippen molar-refractivity contribution in [3.63, 3.8) is 0 Å². The van der Waals surface area contributed by atoms with E-state index in [4.69, 9.17) is 0 Å². The van der Waals surface area contributed by atoms with Gasteiger partial charge >= 0.3 is 0 Å². The summed E-state index contributed by atoms with van der Waals surface area (Å²) in [5, 5.41) is 2.93. The highest BCUT2D eigenvalue weighted by Gasteiger charge is 2.17. The molecule has 0 unspecified atom stereocenters. The van der Waals surface area contributed by atoms with Crippen molar-refractivity contribution in [3.05, 3.63) is 34.4 Å². The number of benzene rings is 1. The van der Waals surface area contributed by atoms with Gasteiger partial charge in [0.25, 0.3) is 5.56 Å². The molecule has 2 N–H and O–H groups in total. The monoisotopic (exact) mass is 309 g/mol. The van der Waals surface area contributed by atoms with Crippen LogP contribution in [0.25, 0.3) is 10.9 Å². The number of aromatic nitrogens is 2. The van der Waals surface area contributed by atoms with Crippen molar-refractivity contribution in [2.24, 2.45) is 0 Å². The molecule has 0 aliphatic rings. The molecule has 1 aromatic carbocycles. The molecule has 1 heterocycles. The van der Waals surface area contributed by atoms with E-state index in [1.54, 1.807) is 6.92 Å². The van der Waals surface area contributed by atoms with Gasteiger partial charge in [0.2, 0.25) is 5.91 Å². The fraction of sp³-hybridized carbons (Fsp3) is 0.357. The number of carbonyl (C=O) groups excluding carboxylic acids is 1. The Hall–Kier alpha value is -1.89. The van der Waals surface area contributed by atoms with E-state index in [0.717, 1.165) is 17.8 Å². The number of fused-ring (bicyclic) bond motifs is 1. The minimum atomic E-state index is -0.486. The molecule has 0 saturated carbocycles. The second-order valence-electron chi connectivity index (χ2n) is 4.96. The van der Waals surface area contributed by atoms with Crippen LogP contribution in [0.1, 0.15) is 20.8 Å². The van der Waals surface area contributed by atoms with Crippen molar-refractivity contribution in [3.8, 4) is 0 Å². The van der Waals surface area contributed by atoms with Crippen molar-refractivity contribution in [2.45, 2.75) is 37.2 Å². The van der Waals surface area contributed by atoms with Gasteiger partial charge in [0, 0.05) is 6.04 Å². The van der Waals surface area contributed by atoms with E-state index < -0.39 is 16.6 Å². The van der Waals surface area contributed by atoms with E-state index in [-0.39, 0.29) is 17.3 Å². The number of nitrogens with zero attached hydrogens (tertiary/aromatic N) is 1. The molecule has 7 heteroatoms. The number of H-pyrrole nitrogens is 1. The van der Waals surface area contributed by atoms with Gasteiger partial charge in [-0.2, -0.15) is 0 Å². The number of carbonyl (C=O) groups is 1. The van der Waals surface area contributed by atoms with Gasteiger partial charge in [-0.1, -0.05) is 11.8 Å². The first kappa shape index (κ1) is 15.5. The lowest BCUT2D eigenvalue weighted by Gasteiger charge is -2.13. The molecule has 0 fully saturated rings. The fourth-order valence-electron chi connectivity index (χ4n) is 1.77. The van der Waals surface area contributed by atoms with Crippen LogP contribution < -0.4 is 10.9 Å². The summed E-state index contributed by atoms with van der Waals surface area (Å²) >= 11 is 1.15. The molecule has 0 radical (unpaired) electrons. The Kier molecular flexibility index (Phi) is 4.62. The summed E-state index contributed by atoms with van der Waals surface area (Å²) in [5.41, 5.74) is -0.0161. The average Bonchev–Trinajstić information content (AvgIpc) is 2.39. The molecular formula is C14H16FN3O2S. The van der Waals surface area contributed by atoms with Gasteiger partial charge in [0.1, 0.15) is 5.82 Å². The Labute approximate surface area is 125 Å². The molecule has 1 atom stereocenters. The Morgan fingerprint density at radius 3 is 2.76 bits per heavy atom. The zero-order chi connectivity index (χ0) is 15.6. The number of nitrogens with one attached hydrogen (secondary N) is 2.